The third-order valence-electron chi connectivity index (χ3n) is 2.56. The maximum Gasteiger partial charge on any atom is 0.0706 e. The molecule has 0 amide bonds. The quantitative estimate of drug-likeness (QED) is 0.626. The summed E-state index contributed by atoms with van der Waals surface area (Å²) in [6.45, 7) is 2.94. The van der Waals surface area contributed by atoms with Crippen molar-refractivity contribution in [2.75, 3.05) is 13.6 Å². The Hall–Kier alpha value is -1.85. The number of hydrogen-bond donors (Lipinski definition) is 1. The summed E-state index contributed by atoms with van der Waals surface area (Å²) in [7, 11) is 1.94. The molecular formula is C15H16N2. The van der Waals surface area contributed by atoms with E-state index in [0.29, 0.717) is 0 Å². The predicted octanol–water partition coefficient (Wildman–Crippen LogP) is 2.50. The number of fused-ring (bicyclic) bond motifs is 1. The lowest BCUT2D eigenvalue weighted by molar-refractivity contribution is 0.818. The Morgan fingerprint density at radius 3 is 2.94 bits per heavy atom. The lowest BCUT2D eigenvalue weighted by Crippen LogP contribution is -2.05. The first-order chi connectivity index (χ1) is 8.29. The molecule has 1 aromatic heterocycles. The normalized spacial score (nSPS) is 10.0. The molecule has 2 nitrogen and oxygen atoms in total. The van der Waals surface area contributed by atoms with Crippen molar-refractivity contribution in [3.63, 3.8) is 0 Å². The zero-order valence-corrected chi connectivity index (χ0v) is 10.2. The number of hydrogen-bond acceptors (Lipinski definition) is 2. The SMILES string of the molecule is CNCCC#Cc1ccc2nc(C)ccc2c1. The van der Waals surface area contributed by atoms with Gasteiger partial charge in [0.2, 0.25) is 0 Å². The van der Waals surface area contributed by atoms with Crippen molar-refractivity contribution in [1.29, 1.82) is 0 Å². The van der Waals surface area contributed by atoms with E-state index in [1.165, 1.54) is 0 Å². The van der Waals surface area contributed by atoms with Crippen LogP contribution in [0.5, 0.6) is 0 Å². The molecule has 0 aliphatic rings. The number of aromatic nitrogens is 1. The Kier molecular flexibility index (Phi) is 3.74. The average Bonchev–Trinajstić information content (AvgIpc) is 2.35. The van der Waals surface area contributed by atoms with Crippen LogP contribution < -0.4 is 5.32 Å². The van der Waals surface area contributed by atoms with Crippen molar-refractivity contribution in [3.05, 3.63) is 41.6 Å². The number of aryl methyl sites for hydroxylation is 1. The minimum absolute atomic E-state index is 0.876. The summed E-state index contributed by atoms with van der Waals surface area (Å²) < 4.78 is 0. The highest BCUT2D eigenvalue weighted by molar-refractivity contribution is 5.80. The highest BCUT2D eigenvalue weighted by Crippen LogP contribution is 2.14. The van der Waals surface area contributed by atoms with Crippen molar-refractivity contribution < 1.29 is 0 Å². The molecule has 0 unspecified atom stereocenters. The number of rotatable bonds is 2. The molecule has 0 saturated carbocycles. The van der Waals surface area contributed by atoms with Crippen LogP contribution in [0.3, 0.4) is 0 Å². The molecule has 86 valence electrons. The van der Waals surface area contributed by atoms with Gasteiger partial charge in [0, 0.05) is 29.6 Å². The molecule has 2 rings (SSSR count). The van der Waals surface area contributed by atoms with E-state index in [-0.39, 0.29) is 0 Å². The number of nitrogens with one attached hydrogen (secondary N) is 1. The van der Waals surface area contributed by atoms with Crippen LogP contribution in [0.4, 0.5) is 0 Å². The number of pyridine rings is 1. The Labute approximate surface area is 102 Å². The summed E-state index contributed by atoms with van der Waals surface area (Å²) in [5.74, 6) is 6.31. The van der Waals surface area contributed by atoms with E-state index in [0.717, 1.165) is 35.1 Å². The number of nitrogens with zero attached hydrogens (tertiary/aromatic N) is 1. The average molecular weight is 224 g/mol. The fourth-order valence-electron chi connectivity index (χ4n) is 1.66. The van der Waals surface area contributed by atoms with Crippen molar-refractivity contribution in [2.45, 2.75) is 13.3 Å². The van der Waals surface area contributed by atoms with Gasteiger partial charge in [-0.1, -0.05) is 17.9 Å². The summed E-state index contributed by atoms with van der Waals surface area (Å²) in [5, 5.41) is 4.23. The van der Waals surface area contributed by atoms with Gasteiger partial charge >= 0.3 is 0 Å². The fraction of sp³-hybridized carbons (Fsp3) is 0.267. The predicted molar refractivity (Wildman–Crippen MR) is 71.9 cm³/mol. The highest BCUT2D eigenvalue weighted by Gasteiger charge is 1.95. The van der Waals surface area contributed by atoms with Crippen LogP contribution in [0.15, 0.2) is 30.3 Å². The molecule has 0 bridgehead atoms. The zero-order chi connectivity index (χ0) is 12.1. The second kappa shape index (κ2) is 5.47. The molecule has 0 fully saturated rings. The maximum atomic E-state index is 4.47. The third-order valence-corrected chi connectivity index (χ3v) is 2.56. The van der Waals surface area contributed by atoms with E-state index in [1.54, 1.807) is 0 Å². The first-order valence-electron chi connectivity index (χ1n) is 5.80. The van der Waals surface area contributed by atoms with Crippen molar-refractivity contribution in [3.8, 4) is 11.8 Å². The van der Waals surface area contributed by atoms with Crippen LogP contribution in [-0.4, -0.2) is 18.6 Å². The second-order valence-electron chi connectivity index (χ2n) is 4.02. The van der Waals surface area contributed by atoms with E-state index in [9.17, 15) is 0 Å². The highest BCUT2D eigenvalue weighted by atomic mass is 14.8. The van der Waals surface area contributed by atoms with Gasteiger partial charge in [0.05, 0.1) is 5.52 Å². The van der Waals surface area contributed by atoms with Gasteiger partial charge in [0.25, 0.3) is 0 Å². The van der Waals surface area contributed by atoms with Gasteiger partial charge in [-0.15, -0.1) is 0 Å². The molecule has 0 saturated heterocycles. The van der Waals surface area contributed by atoms with Crippen LogP contribution in [0, 0.1) is 18.8 Å². The summed E-state index contributed by atoms with van der Waals surface area (Å²) in [6.07, 6.45) is 0.876. The molecule has 1 aromatic carbocycles. The van der Waals surface area contributed by atoms with Gasteiger partial charge in [0.1, 0.15) is 0 Å². The topological polar surface area (TPSA) is 24.9 Å². The Morgan fingerprint density at radius 1 is 1.24 bits per heavy atom. The first-order valence-corrected chi connectivity index (χ1v) is 5.80. The summed E-state index contributed by atoms with van der Waals surface area (Å²) >= 11 is 0. The Bertz CT molecular complexity index is 576. The van der Waals surface area contributed by atoms with Gasteiger partial charge in [-0.05, 0) is 38.2 Å². The standard InChI is InChI=1S/C15H16N2/c1-12-6-8-14-11-13(5-3-4-10-16-2)7-9-15(14)17-12/h6-9,11,16H,4,10H2,1-2H3. The van der Waals surface area contributed by atoms with Crippen molar-refractivity contribution >= 4 is 10.9 Å². The minimum Gasteiger partial charge on any atom is -0.319 e. The molecule has 1 heterocycles. The van der Waals surface area contributed by atoms with Crippen molar-refractivity contribution in [1.82, 2.24) is 10.3 Å². The summed E-state index contributed by atoms with van der Waals surface area (Å²) in [6, 6.07) is 10.3. The Morgan fingerprint density at radius 2 is 2.12 bits per heavy atom. The van der Waals surface area contributed by atoms with Crippen LogP contribution in [0.2, 0.25) is 0 Å². The van der Waals surface area contributed by atoms with Crippen LogP contribution in [0.25, 0.3) is 10.9 Å². The zero-order valence-electron chi connectivity index (χ0n) is 10.2. The third kappa shape index (κ3) is 3.05. The van der Waals surface area contributed by atoms with Gasteiger partial charge in [-0.2, -0.15) is 0 Å². The molecule has 2 heteroatoms. The van der Waals surface area contributed by atoms with E-state index >= 15 is 0 Å². The van der Waals surface area contributed by atoms with Crippen LogP contribution in [-0.2, 0) is 0 Å². The van der Waals surface area contributed by atoms with E-state index in [2.05, 4.69) is 34.3 Å². The summed E-state index contributed by atoms with van der Waals surface area (Å²) in [4.78, 5) is 4.47. The van der Waals surface area contributed by atoms with Gasteiger partial charge in [0.15, 0.2) is 0 Å². The van der Waals surface area contributed by atoms with Crippen molar-refractivity contribution in [2.24, 2.45) is 0 Å². The van der Waals surface area contributed by atoms with E-state index < -0.39 is 0 Å². The molecule has 1 N–H and O–H groups in total. The monoisotopic (exact) mass is 224 g/mol. The molecule has 0 radical (unpaired) electrons. The van der Waals surface area contributed by atoms with Crippen LogP contribution in [0.1, 0.15) is 17.7 Å². The maximum absolute atomic E-state index is 4.47. The molecular weight excluding hydrogens is 208 g/mol. The Balaban J connectivity index is 2.25. The summed E-state index contributed by atoms with van der Waals surface area (Å²) in [5.41, 5.74) is 3.13. The fourth-order valence-corrected chi connectivity index (χ4v) is 1.66. The molecule has 2 aromatic rings. The largest absolute Gasteiger partial charge is 0.319 e. The van der Waals surface area contributed by atoms with E-state index in [4.69, 9.17) is 0 Å². The molecule has 17 heavy (non-hydrogen) atoms. The van der Waals surface area contributed by atoms with E-state index in [1.807, 2.05) is 32.2 Å². The molecule has 0 aliphatic heterocycles. The lowest BCUT2D eigenvalue weighted by atomic mass is 10.1. The van der Waals surface area contributed by atoms with Gasteiger partial charge in [-0.3, -0.25) is 4.98 Å². The molecule has 0 spiro atoms. The molecule has 0 atom stereocenters. The van der Waals surface area contributed by atoms with Gasteiger partial charge < -0.3 is 5.32 Å². The first kappa shape index (κ1) is 11.6. The smallest absolute Gasteiger partial charge is 0.0706 e. The second-order valence-corrected chi connectivity index (χ2v) is 4.02. The number of benzene rings is 1. The lowest BCUT2D eigenvalue weighted by Gasteiger charge is -1.99. The van der Waals surface area contributed by atoms with Crippen LogP contribution >= 0.6 is 0 Å². The minimum atomic E-state index is 0.876. The molecule has 0 aliphatic carbocycles. The van der Waals surface area contributed by atoms with Gasteiger partial charge in [-0.25, -0.2) is 0 Å².